The second-order valence-corrected chi connectivity index (χ2v) is 6.05. The molecule has 132 valence electrons. The zero-order valence-corrected chi connectivity index (χ0v) is 14.9. The number of hydrogen-bond acceptors (Lipinski definition) is 5. The normalized spacial score (nSPS) is 15.4. The summed E-state index contributed by atoms with van der Waals surface area (Å²) in [5.41, 5.74) is 2.56. The minimum Gasteiger partial charge on any atom is -0.356 e. The van der Waals surface area contributed by atoms with E-state index < -0.39 is 0 Å². The number of guanidine groups is 1. The van der Waals surface area contributed by atoms with Crippen molar-refractivity contribution in [3.8, 4) is 0 Å². The highest BCUT2D eigenvalue weighted by Gasteiger charge is 2.20. The third-order valence-corrected chi connectivity index (χ3v) is 4.44. The average Bonchev–Trinajstić information content (AvgIpc) is 2.67. The van der Waals surface area contributed by atoms with E-state index in [9.17, 15) is 0 Å². The van der Waals surface area contributed by atoms with Gasteiger partial charge in [0.2, 0.25) is 5.95 Å². The molecule has 0 amide bonds. The van der Waals surface area contributed by atoms with E-state index in [2.05, 4.69) is 48.1 Å². The van der Waals surface area contributed by atoms with E-state index in [1.54, 1.807) is 12.4 Å². The number of anilines is 1. The van der Waals surface area contributed by atoms with Gasteiger partial charge in [-0.25, -0.2) is 9.97 Å². The van der Waals surface area contributed by atoms with Crippen LogP contribution >= 0.6 is 0 Å². The summed E-state index contributed by atoms with van der Waals surface area (Å²) in [7, 11) is 1.84. The molecule has 1 aliphatic rings. The molecule has 7 heteroatoms. The molecular weight excluding hydrogens is 314 g/mol. The van der Waals surface area contributed by atoms with Crippen LogP contribution in [-0.4, -0.2) is 65.6 Å². The number of pyridine rings is 1. The molecule has 0 aromatic carbocycles. The lowest BCUT2D eigenvalue weighted by Gasteiger charge is -2.36. The van der Waals surface area contributed by atoms with E-state index >= 15 is 0 Å². The minimum atomic E-state index is 0.804. The quantitative estimate of drug-likeness (QED) is 0.665. The molecule has 2 aromatic heterocycles. The highest BCUT2D eigenvalue weighted by atomic mass is 15.4. The molecule has 25 heavy (non-hydrogen) atoms. The summed E-state index contributed by atoms with van der Waals surface area (Å²) in [6.07, 6.45) is 8.30. The van der Waals surface area contributed by atoms with Crippen LogP contribution in [0.2, 0.25) is 0 Å². The number of nitrogens with one attached hydrogen (secondary N) is 1. The van der Waals surface area contributed by atoms with E-state index in [-0.39, 0.29) is 0 Å². The zero-order chi connectivity index (χ0) is 17.5. The van der Waals surface area contributed by atoms with Crippen molar-refractivity contribution in [2.24, 2.45) is 4.99 Å². The third kappa shape index (κ3) is 4.43. The minimum absolute atomic E-state index is 0.804. The topological polar surface area (TPSA) is 69.5 Å². The monoisotopic (exact) mass is 339 g/mol. The van der Waals surface area contributed by atoms with Crippen LogP contribution in [0.25, 0.3) is 0 Å². The fourth-order valence-corrected chi connectivity index (χ4v) is 3.00. The molecule has 3 rings (SSSR count). The van der Waals surface area contributed by atoms with Gasteiger partial charge in [0.1, 0.15) is 0 Å². The predicted molar refractivity (Wildman–Crippen MR) is 99.9 cm³/mol. The number of rotatable bonds is 4. The number of nitrogens with zero attached hydrogens (tertiary/aromatic N) is 6. The van der Waals surface area contributed by atoms with Crippen LogP contribution in [0.15, 0.2) is 41.9 Å². The number of aryl methyl sites for hydroxylation is 1. The molecule has 3 heterocycles. The Morgan fingerprint density at radius 2 is 1.92 bits per heavy atom. The van der Waals surface area contributed by atoms with Crippen molar-refractivity contribution in [3.63, 3.8) is 0 Å². The highest BCUT2D eigenvalue weighted by molar-refractivity contribution is 5.80. The molecule has 1 fully saturated rings. The molecule has 0 radical (unpaired) electrons. The van der Waals surface area contributed by atoms with E-state index in [1.807, 2.05) is 25.5 Å². The van der Waals surface area contributed by atoms with Gasteiger partial charge in [-0.15, -0.1) is 0 Å². The molecular formula is C18H25N7. The fourth-order valence-electron chi connectivity index (χ4n) is 3.00. The summed E-state index contributed by atoms with van der Waals surface area (Å²) in [6, 6.07) is 3.93. The second-order valence-electron chi connectivity index (χ2n) is 6.05. The third-order valence-electron chi connectivity index (χ3n) is 4.44. The first-order valence-electron chi connectivity index (χ1n) is 8.65. The van der Waals surface area contributed by atoms with Crippen LogP contribution in [0.3, 0.4) is 0 Å². The van der Waals surface area contributed by atoms with Gasteiger partial charge in [0.15, 0.2) is 5.96 Å². The van der Waals surface area contributed by atoms with Crippen molar-refractivity contribution in [3.05, 3.63) is 48.0 Å². The van der Waals surface area contributed by atoms with Gasteiger partial charge in [0.05, 0.1) is 0 Å². The molecule has 1 N–H and O–H groups in total. The lowest BCUT2D eigenvalue weighted by molar-refractivity contribution is 0.370. The maximum Gasteiger partial charge on any atom is 0.225 e. The number of aliphatic imine (C=N–C) groups is 1. The molecule has 1 saturated heterocycles. The van der Waals surface area contributed by atoms with Gasteiger partial charge in [-0.05, 0) is 36.6 Å². The lowest BCUT2D eigenvalue weighted by Crippen LogP contribution is -2.53. The average molecular weight is 339 g/mol. The van der Waals surface area contributed by atoms with Crippen molar-refractivity contribution < 1.29 is 0 Å². The fraction of sp³-hybridized carbons (Fsp3) is 0.444. The molecule has 0 aliphatic carbocycles. The largest absolute Gasteiger partial charge is 0.356 e. The van der Waals surface area contributed by atoms with Gasteiger partial charge in [-0.3, -0.25) is 9.98 Å². The van der Waals surface area contributed by atoms with E-state index in [0.29, 0.717) is 0 Å². The molecule has 1 aliphatic heterocycles. The smallest absolute Gasteiger partial charge is 0.225 e. The van der Waals surface area contributed by atoms with Crippen molar-refractivity contribution in [2.75, 3.05) is 44.7 Å². The maximum atomic E-state index is 4.43. The predicted octanol–water partition coefficient (Wildman–Crippen LogP) is 1.12. The van der Waals surface area contributed by atoms with Gasteiger partial charge >= 0.3 is 0 Å². The Morgan fingerprint density at radius 3 is 2.60 bits per heavy atom. The summed E-state index contributed by atoms with van der Waals surface area (Å²) < 4.78 is 0. The van der Waals surface area contributed by atoms with Crippen molar-refractivity contribution >= 4 is 11.9 Å². The van der Waals surface area contributed by atoms with Crippen molar-refractivity contribution in [1.82, 2.24) is 25.2 Å². The summed E-state index contributed by atoms with van der Waals surface area (Å²) in [4.78, 5) is 21.7. The first kappa shape index (κ1) is 17.1. The van der Waals surface area contributed by atoms with Gasteiger partial charge in [-0.2, -0.15) is 0 Å². The molecule has 0 spiro atoms. The molecule has 0 atom stereocenters. The molecule has 0 saturated carbocycles. The van der Waals surface area contributed by atoms with Gasteiger partial charge in [0.25, 0.3) is 0 Å². The zero-order valence-electron chi connectivity index (χ0n) is 14.9. The number of hydrogen-bond donors (Lipinski definition) is 1. The molecule has 0 unspecified atom stereocenters. The standard InChI is InChI=1S/C18H25N7/c1-15-14-20-8-4-16(15)5-9-23-17(19-2)24-10-12-25(13-11-24)18-21-6-3-7-22-18/h3-4,6-8,14H,5,9-13H2,1-2H3,(H,19,23). The van der Waals surface area contributed by atoms with Gasteiger partial charge in [0, 0.05) is 64.6 Å². The van der Waals surface area contributed by atoms with Crippen LogP contribution in [0.4, 0.5) is 5.95 Å². The first-order valence-corrected chi connectivity index (χ1v) is 8.65. The van der Waals surface area contributed by atoms with E-state index in [4.69, 9.17) is 0 Å². The van der Waals surface area contributed by atoms with Crippen molar-refractivity contribution in [1.29, 1.82) is 0 Å². The number of aromatic nitrogens is 3. The van der Waals surface area contributed by atoms with Crippen LogP contribution < -0.4 is 10.2 Å². The SMILES string of the molecule is CN=C(NCCc1ccncc1C)N1CCN(c2ncccn2)CC1. The summed E-state index contributed by atoms with van der Waals surface area (Å²) in [5, 5.41) is 3.48. The van der Waals surface area contributed by atoms with Crippen LogP contribution in [0.1, 0.15) is 11.1 Å². The van der Waals surface area contributed by atoms with Crippen LogP contribution in [0.5, 0.6) is 0 Å². The van der Waals surface area contributed by atoms with Gasteiger partial charge in [-0.1, -0.05) is 0 Å². The Labute approximate surface area is 148 Å². The first-order chi connectivity index (χ1) is 12.3. The van der Waals surface area contributed by atoms with E-state index in [1.165, 1.54) is 11.1 Å². The lowest BCUT2D eigenvalue weighted by atomic mass is 10.1. The highest BCUT2D eigenvalue weighted by Crippen LogP contribution is 2.10. The Morgan fingerprint density at radius 1 is 1.16 bits per heavy atom. The van der Waals surface area contributed by atoms with Crippen LogP contribution in [-0.2, 0) is 6.42 Å². The molecule has 2 aromatic rings. The van der Waals surface area contributed by atoms with Crippen LogP contribution in [0, 0.1) is 6.92 Å². The molecule has 7 nitrogen and oxygen atoms in total. The molecule has 0 bridgehead atoms. The summed E-state index contributed by atoms with van der Waals surface area (Å²) in [5.74, 6) is 1.76. The Bertz CT molecular complexity index is 694. The van der Waals surface area contributed by atoms with E-state index in [0.717, 1.165) is 51.1 Å². The van der Waals surface area contributed by atoms with Crippen molar-refractivity contribution in [2.45, 2.75) is 13.3 Å². The van der Waals surface area contributed by atoms with Gasteiger partial charge < -0.3 is 15.1 Å². The number of piperazine rings is 1. The summed E-state index contributed by atoms with van der Waals surface area (Å²) >= 11 is 0. The Kier molecular flexibility index (Phi) is 5.77. The second kappa shape index (κ2) is 8.41. The maximum absolute atomic E-state index is 4.43. The summed E-state index contributed by atoms with van der Waals surface area (Å²) in [6.45, 7) is 6.57. The Balaban J connectivity index is 1.49. The Hall–Kier alpha value is -2.70.